The molecule has 0 radical (unpaired) electrons. The molecule has 29 heteroatoms. The summed E-state index contributed by atoms with van der Waals surface area (Å²) in [6.07, 6.45) is 45.4. The molecule has 0 bridgehead atoms. The summed E-state index contributed by atoms with van der Waals surface area (Å²) in [5, 5.41) is 0. The molecule has 0 nitrogen and oxygen atoms in total. The number of unbranched alkanes of at least 4 members (excludes halogenated alkanes) is 12. The second-order valence-electron chi connectivity index (χ2n) is 24.0. The van der Waals surface area contributed by atoms with Crippen LogP contribution in [-0.4, -0.2) is 23.0 Å². The third-order valence-electron chi connectivity index (χ3n) is 15.6. The molecule has 0 atom stereocenters. The summed E-state index contributed by atoms with van der Waals surface area (Å²) in [4.78, 5) is 13.3. The molecular formula is C76H72S29. The number of thiophene rings is 5. The van der Waals surface area contributed by atoms with Crippen molar-refractivity contribution in [2.45, 2.75) is 130 Å². The van der Waals surface area contributed by atoms with Crippen LogP contribution in [0.25, 0.3) is 60.8 Å². The Morgan fingerprint density at radius 1 is 0.190 bits per heavy atom. The second kappa shape index (κ2) is 42.4. The highest BCUT2D eigenvalue weighted by Gasteiger charge is 2.35. The van der Waals surface area contributed by atoms with E-state index in [1.165, 1.54) is 251 Å². The molecule has 0 aromatic carbocycles. The Hall–Kier alpha value is 2.74. The van der Waals surface area contributed by atoms with Crippen molar-refractivity contribution in [1.82, 2.24) is 0 Å². The van der Waals surface area contributed by atoms with Crippen LogP contribution in [0.1, 0.15) is 179 Å². The summed E-state index contributed by atoms with van der Waals surface area (Å²) < 4.78 is 31.5. The van der Waals surface area contributed by atoms with E-state index in [-0.39, 0.29) is 0 Å². The molecule has 550 valence electrons. The van der Waals surface area contributed by atoms with Crippen LogP contribution in [0.4, 0.5) is 0 Å². The molecule has 15 rings (SSSR count). The van der Waals surface area contributed by atoms with E-state index in [0.717, 1.165) is 0 Å². The van der Waals surface area contributed by atoms with Gasteiger partial charge in [-0.3, -0.25) is 0 Å². The van der Waals surface area contributed by atoms with Crippen molar-refractivity contribution in [2.24, 2.45) is 0 Å². The van der Waals surface area contributed by atoms with Gasteiger partial charge in [-0.15, -0.1) is 104 Å². The molecule has 0 saturated carbocycles. The van der Waals surface area contributed by atoms with Gasteiger partial charge in [-0.05, 0) is 170 Å². The fourth-order valence-corrected chi connectivity index (χ4v) is 53.1. The van der Waals surface area contributed by atoms with E-state index in [1.807, 2.05) is 292 Å². The summed E-state index contributed by atoms with van der Waals surface area (Å²) in [5.74, 6) is 4.95. The van der Waals surface area contributed by atoms with Crippen molar-refractivity contribution >= 4 is 400 Å². The molecule has 105 heavy (non-hydrogen) atoms. The summed E-state index contributed by atoms with van der Waals surface area (Å²) in [7, 11) is 0. The first-order valence-corrected chi connectivity index (χ1v) is 59.2. The molecule has 0 amide bonds. The van der Waals surface area contributed by atoms with Gasteiger partial charge in [0, 0.05) is 48.8 Å². The number of rotatable bonds is 34. The average molecular weight is 1920 g/mol. The highest BCUT2D eigenvalue weighted by molar-refractivity contribution is 8.51. The maximum atomic E-state index is 2.44. The quantitative estimate of drug-likeness (QED) is 0.0359. The topological polar surface area (TPSA) is 0 Å². The molecule has 0 saturated heterocycles. The van der Waals surface area contributed by atoms with Gasteiger partial charge >= 0.3 is 0 Å². The summed E-state index contributed by atoms with van der Waals surface area (Å²) >= 11 is 57.1. The van der Waals surface area contributed by atoms with Crippen LogP contribution >= 0.6 is 339 Å². The molecule has 5 aromatic rings. The normalized spacial score (nSPS) is 18.6. The zero-order valence-corrected chi connectivity index (χ0v) is 81.2. The number of hydrogen-bond donors (Lipinski definition) is 0. The van der Waals surface area contributed by atoms with Crippen LogP contribution in [0.5, 0.6) is 0 Å². The third kappa shape index (κ3) is 24.3. The molecule has 0 spiro atoms. The molecule has 10 aliphatic rings. The standard InChI is InChI=1S/C76H72S29/c1-5-9-13-17-31-77-65-66(78-32-18-14-10-6-2)87-55(86-65)35-45-21-23-47(81-45)37-57-90-69-70(91-57)95-59(94-69)39-49-25-27-51(83-49)41-61-98-73-74(99-61)103-63(102-73)43-53-29-30-54(85-53)44-64-104-75-76(105-64)101-62(100-75)42-52-28-26-50(84-52)40-60-96-71-72(97-60)93-58(92-71)38-48-24-22-46(82-48)36-56-88-67(79-33-19-15-11-7-3)68(89-56)80-34-20-16-12-8-4/h21-30,35-44H,5-20,31-34H2,1-4H3. The Balaban J connectivity index is 0.463. The van der Waals surface area contributed by atoms with E-state index < -0.39 is 0 Å². The van der Waals surface area contributed by atoms with Crippen LogP contribution in [0.3, 0.4) is 0 Å². The minimum atomic E-state index is 1.24. The van der Waals surface area contributed by atoms with Gasteiger partial charge in [-0.25, -0.2) is 0 Å². The summed E-state index contributed by atoms with van der Waals surface area (Å²) in [6, 6.07) is 23.1. The highest BCUT2D eigenvalue weighted by atomic mass is 32.3. The first kappa shape index (κ1) is 82.8. The molecule has 0 N–H and O–H groups in total. The lowest BCUT2D eigenvalue weighted by Gasteiger charge is -2.05. The zero-order valence-electron chi connectivity index (χ0n) is 57.5. The van der Waals surface area contributed by atoms with Crippen LogP contribution in [-0.2, 0) is 0 Å². The maximum absolute atomic E-state index is 2.44. The molecule has 5 aromatic heterocycles. The van der Waals surface area contributed by atoms with Crippen LogP contribution in [0.15, 0.2) is 154 Å². The van der Waals surface area contributed by atoms with Gasteiger partial charge in [0.25, 0.3) is 0 Å². The second-order valence-corrected chi connectivity index (χ2v) is 60.8. The van der Waals surface area contributed by atoms with Gasteiger partial charge < -0.3 is 0 Å². The average Bonchev–Trinajstić information content (AvgIpc) is 1.67. The van der Waals surface area contributed by atoms with Gasteiger partial charge in [0.1, 0.15) is 0 Å². The van der Waals surface area contributed by atoms with Crippen LogP contribution < -0.4 is 0 Å². The SMILES string of the molecule is CCCCCCSC1=C(SCCCCCC)SC(=Cc2ccc(C=C3SC4=C(S3)SC(=Cc3ccc(C=C5SC6=C(S5)SC(=Cc5ccc(C=C7SC8=C(SC(=Cc9ccc(C=C%10SC%11=C(SC(=Cc%12ccc(C=C%13SC(SCCCCCC)=C(SCCCCCC)S%13)s%12)S%11)S%10)s9)S8)S7)s5)S6)s3)S4)s2)S1. The molecule has 10 aliphatic heterocycles. The molecule has 0 fully saturated rings. The molecule has 0 unspecified atom stereocenters. The Labute approximate surface area is 744 Å². The van der Waals surface area contributed by atoms with Crippen molar-refractivity contribution in [1.29, 1.82) is 0 Å². The minimum absolute atomic E-state index is 1.24. The van der Waals surface area contributed by atoms with Crippen molar-refractivity contribution in [3.8, 4) is 0 Å². The maximum Gasteiger partial charge on any atom is 0.0716 e. The number of hydrogen-bond acceptors (Lipinski definition) is 29. The third-order valence-corrected chi connectivity index (χ3v) is 53.0. The predicted molar refractivity (Wildman–Crippen MR) is 542 cm³/mol. The Morgan fingerprint density at radius 3 is 0.476 bits per heavy atom. The fourth-order valence-electron chi connectivity index (χ4n) is 10.5. The lowest BCUT2D eigenvalue weighted by atomic mass is 10.2. The Kier molecular flexibility index (Phi) is 33.5. The molecule has 15 heterocycles. The largest absolute Gasteiger partial charge is 0.136 e. The minimum Gasteiger partial charge on any atom is -0.136 e. The molecular weight excluding hydrogens is 1840 g/mol. The van der Waals surface area contributed by atoms with Crippen molar-refractivity contribution in [2.75, 3.05) is 23.0 Å². The van der Waals surface area contributed by atoms with E-state index in [4.69, 9.17) is 0 Å². The van der Waals surface area contributed by atoms with Gasteiger partial charge in [0.05, 0.1) is 93.2 Å². The van der Waals surface area contributed by atoms with Gasteiger partial charge in [0.2, 0.25) is 0 Å². The van der Waals surface area contributed by atoms with Gasteiger partial charge in [-0.2, -0.15) is 0 Å². The van der Waals surface area contributed by atoms with Crippen molar-refractivity contribution in [3.05, 3.63) is 203 Å². The van der Waals surface area contributed by atoms with Crippen molar-refractivity contribution < 1.29 is 0 Å². The first-order valence-electron chi connectivity index (χ1n) is 34.8. The Bertz CT molecular complexity index is 4140. The van der Waals surface area contributed by atoms with Gasteiger partial charge in [-0.1, -0.05) is 340 Å². The highest BCUT2D eigenvalue weighted by Crippen LogP contribution is 2.71. The van der Waals surface area contributed by atoms with Gasteiger partial charge in [0.15, 0.2) is 0 Å². The first-order chi connectivity index (χ1) is 51.6. The zero-order chi connectivity index (χ0) is 71.3. The van der Waals surface area contributed by atoms with E-state index >= 15 is 0 Å². The number of thioether (sulfide) groups is 24. The van der Waals surface area contributed by atoms with Crippen LogP contribution in [0.2, 0.25) is 0 Å². The fraction of sp³-hybridized carbons (Fsp3) is 0.316. The summed E-state index contributed by atoms with van der Waals surface area (Å²) in [6.45, 7) is 9.21. The van der Waals surface area contributed by atoms with Crippen LogP contribution in [0, 0.1) is 0 Å². The molecule has 0 aliphatic carbocycles. The summed E-state index contributed by atoms with van der Waals surface area (Å²) in [5.41, 5.74) is 0. The Morgan fingerprint density at radius 2 is 0.333 bits per heavy atom. The van der Waals surface area contributed by atoms with Crippen molar-refractivity contribution in [3.63, 3.8) is 0 Å². The lowest BCUT2D eigenvalue weighted by Crippen LogP contribution is -1.83. The van der Waals surface area contributed by atoms with E-state index in [2.05, 4.69) is 196 Å². The smallest absolute Gasteiger partial charge is 0.0716 e. The predicted octanol–water partition coefficient (Wildman–Crippen LogP) is 38.6. The lowest BCUT2D eigenvalue weighted by molar-refractivity contribution is 0.707. The van der Waals surface area contributed by atoms with E-state index in [1.54, 1.807) is 16.9 Å². The monoisotopic (exact) mass is 1910 g/mol. The van der Waals surface area contributed by atoms with E-state index in [9.17, 15) is 0 Å². The van der Waals surface area contributed by atoms with E-state index in [0.29, 0.717) is 0 Å².